The van der Waals surface area contributed by atoms with E-state index in [0.717, 1.165) is 5.56 Å². The van der Waals surface area contributed by atoms with Gasteiger partial charge in [-0.2, -0.15) is 0 Å². The molecule has 4 aromatic carbocycles. The van der Waals surface area contributed by atoms with Crippen LogP contribution >= 0.6 is 11.6 Å². The fourth-order valence-corrected chi connectivity index (χ4v) is 3.96. The van der Waals surface area contributed by atoms with Crippen molar-refractivity contribution >= 4 is 47.0 Å². The summed E-state index contributed by atoms with van der Waals surface area (Å²) in [7, 11) is 0. The van der Waals surface area contributed by atoms with Crippen LogP contribution in [-0.4, -0.2) is 24.2 Å². The van der Waals surface area contributed by atoms with Gasteiger partial charge in [-0.15, -0.1) is 0 Å². The molecule has 4 aromatic rings. The second-order valence-electron chi connectivity index (χ2n) is 8.60. The fraction of sp³-hybridized carbons (Fsp3) is 0.0606. The quantitative estimate of drug-likeness (QED) is 0.164. The summed E-state index contributed by atoms with van der Waals surface area (Å²) in [5.41, 5.74) is 2.69. The minimum Gasteiger partial charge on any atom is -0.493 e. The number of nitrogens with one attached hydrogen (secondary N) is 2. The van der Waals surface area contributed by atoms with Crippen molar-refractivity contribution < 1.29 is 19.1 Å². The highest BCUT2D eigenvalue weighted by atomic mass is 35.5. The van der Waals surface area contributed by atoms with Gasteiger partial charge in [-0.1, -0.05) is 66.2 Å². The van der Waals surface area contributed by atoms with Gasteiger partial charge in [-0.05, 0) is 79.2 Å². The number of carbonyl (C=O) groups excluding carboxylic acids is 3. The maximum atomic E-state index is 13.2. The number of allylic oxidation sites excluding steroid dienone is 1. The molecule has 0 heterocycles. The zero-order chi connectivity index (χ0) is 28.3. The Labute approximate surface area is 238 Å². The second-order valence-corrected chi connectivity index (χ2v) is 9.01. The summed E-state index contributed by atoms with van der Waals surface area (Å²) < 4.78 is 5.60. The summed E-state index contributed by atoms with van der Waals surface area (Å²) in [6, 6.07) is 29.5. The van der Waals surface area contributed by atoms with Crippen LogP contribution in [0.5, 0.6) is 5.75 Å². The molecule has 40 heavy (non-hydrogen) atoms. The molecule has 0 fully saturated rings. The molecule has 0 aliphatic carbocycles. The molecule has 0 aliphatic rings. The summed E-state index contributed by atoms with van der Waals surface area (Å²) in [6.07, 6.45) is 4.71. The van der Waals surface area contributed by atoms with Crippen LogP contribution in [0, 0.1) is 0 Å². The SMILES string of the molecule is CCOc1ccccc1/C=C/C(=O)c1ccc(NC(=O)/C(=C/c2ccccc2Cl)NC(=O)c2ccccc2)cc1. The Balaban J connectivity index is 1.49. The van der Waals surface area contributed by atoms with Crippen molar-refractivity contribution in [1.82, 2.24) is 5.32 Å². The largest absolute Gasteiger partial charge is 0.493 e. The molecule has 2 amide bonds. The molecule has 7 heteroatoms. The number of ether oxygens (including phenoxy) is 1. The lowest BCUT2D eigenvalue weighted by Crippen LogP contribution is -2.30. The van der Waals surface area contributed by atoms with Crippen LogP contribution in [0.25, 0.3) is 12.2 Å². The molecule has 0 unspecified atom stereocenters. The average molecular weight is 551 g/mol. The number of hydrogen-bond donors (Lipinski definition) is 2. The standard InChI is InChI=1S/C33H27ClN2O4/c1-2-40-31-15-9-7-10-24(31)18-21-30(37)23-16-19-27(20-17-23)35-33(39)29(22-26-13-6-8-14-28(26)34)36-32(38)25-11-4-3-5-12-25/h3-22H,2H2,1H3,(H,35,39)(H,36,38)/b21-18+,29-22-. The Bertz CT molecular complexity index is 1560. The van der Waals surface area contributed by atoms with Gasteiger partial charge in [-0.25, -0.2) is 0 Å². The number of carbonyl (C=O) groups is 3. The zero-order valence-corrected chi connectivity index (χ0v) is 22.5. The van der Waals surface area contributed by atoms with Crippen LogP contribution in [-0.2, 0) is 4.79 Å². The van der Waals surface area contributed by atoms with Crippen LogP contribution in [0.4, 0.5) is 5.69 Å². The summed E-state index contributed by atoms with van der Waals surface area (Å²) in [6.45, 7) is 2.43. The molecule has 0 radical (unpaired) electrons. The smallest absolute Gasteiger partial charge is 0.272 e. The minimum atomic E-state index is -0.546. The van der Waals surface area contributed by atoms with E-state index in [2.05, 4.69) is 10.6 Å². The number of benzene rings is 4. The third kappa shape index (κ3) is 7.56. The van der Waals surface area contributed by atoms with Gasteiger partial charge in [-0.3, -0.25) is 14.4 Å². The van der Waals surface area contributed by atoms with Gasteiger partial charge in [0, 0.05) is 27.4 Å². The van der Waals surface area contributed by atoms with Crippen LogP contribution in [0.15, 0.2) is 115 Å². The van der Waals surface area contributed by atoms with Crippen LogP contribution < -0.4 is 15.4 Å². The van der Waals surface area contributed by atoms with E-state index in [9.17, 15) is 14.4 Å². The Morgan fingerprint density at radius 2 is 1.43 bits per heavy atom. The van der Waals surface area contributed by atoms with Gasteiger partial charge in [0.15, 0.2) is 5.78 Å². The van der Waals surface area contributed by atoms with E-state index in [1.165, 1.54) is 12.2 Å². The second kappa shape index (κ2) is 13.7. The lowest BCUT2D eigenvalue weighted by atomic mass is 10.1. The van der Waals surface area contributed by atoms with Crippen LogP contribution in [0.3, 0.4) is 0 Å². The van der Waals surface area contributed by atoms with Gasteiger partial charge in [0.05, 0.1) is 6.61 Å². The Kier molecular flexibility index (Phi) is 9.64. The lowest BCUT2D eigenvalue weighted by Gasteiger charge is -2.12. The third-order valence-electron chi connectivity index (χ3n) is 5.79. The molecule has 0 bridgehead atoms. The average Bonchev–Trinajstić information content (AvgIpc) is 2.98. The van der Waals surface area contributed by atoms with Gasteiger partial charge in [0.2, 0.25) is 0 Å². The highest BCUT2D eigenvalue weighted by molar-refractivity contribution is 6.32. The number of halogens is 1. The van der Waals surface area contributed by atoms with Crippen molar-refractivity contribution in [3.8, 4) is 5.75 Å². The molecule has 0 saturated heterocycles. The van der Waals surface area contributed by atoms with Crippen molar-refractivity contribution in [1.29, 1.82) is 0 Å². The van der Waals surface area contributed by atoms with Crippen molar-refractivity contribution in [3.63, 3.8) is 0 Å². The van der Waals surface area contributed by atoms with E-state index in [1.807, 2.05) is 31.2 Å². The molecule has 0 aromatic heterocycles. The normalized spacial score (nSPS) is 11.2. The minimum absolute atomic E-state index is 0.0120. The molecule has 4 rings (SSSR count). The number of rotatable bonds is 10. The predicted molar refractivity (Wildman–Crippen MR) is 159 cm³/mol. The van der Waals surface area contributed by atoms with Gasteiger partial charge in [0.25, 0.3) is 11.8 Å². The third-order valence-corrected chi connectivity index (χ3v) is 6.14. The molecular weight excluding hydrogens is 524 g/mol. The van der Waals surface area contributed by atoms with Crippen molar-refractivity contribution in [2.45, 2.75) is 6.92 Å². The summed E-state index contributed by atoms with van der Waals surface area (Å²) >= 11 is 6.29. The van der Waals surface area contributed by atoms with Gasteiger partial charge >= 0.3 is 0 Å². The maximum absolute atomic E-state index is 13.2. The molecule has 0 spiro atoms. The maximum Gasteiger partial charge on any atom is 0.272 e. The Morgan fingerprint density at radius 3 is 2.12 bits per heavy atom. The first-order chi connectivity index (χ1) is 19.4. The van der Waals surface area contributed by atoms with E-state index < -0.39 is 11.8 Å². The van der Waals surface area contributed by atoms with E-state index >= 15 is 0 Å². The summed E-state index contributed by atoms with van der Waals surface area (Å²) in [4.78, 5) is 38.8. The first kappa shape index (κ1) is 28.1. The van der Waals surface area contributed by atoms with E-state index in [-0.39, 0.29) is 11.5 Å². The number of amides is 2. The number of hydrogen-bond acceptors (Lipinski definition) is 4. The summed E-state index contributed by atoms with van der Waals surface area (Å²) in [5, 5.41) is 5.89. The van der Waals surface area contributed by atoms with Crippen molar-refractivity contribution in [2.75, 3.05) is 11.9 Å². The van der Waals surface area contributed by atoms with Gasteiger partial charge < -0.3 is 15.4 Å². The van der Waals surface area contributed by atoms with E-state index in [4.69, 9.17) is 16.3 Å². The van der Waals surface area contributed by atoms with Crippen molar-refractivity contribution in [3.05, 3.63) is 142 Å². The highest BCUT2D eigenvalue weighted by Crippen LogP contribution is 2.21. The first-order valence-corrected chi connectivity index (χ1v) is 13.0. The molecule has 6 nitrogen and oxygen atoms in total. The molecule has 0 aliphatic heterocycles. The first-order valence-electron chi connectivity index (χ1n) is 12.6. The zero-order valence-electron chi connectivity index (χ0n) is 21.8. The van der Waals surface area contributed by atoms with Crippen LogP contribution in [0.2, 0.25) is 5.02 Å². The predicted octanol–water partition coefficient (Wildman–Crippen LogP) is 7.04. The fourth-order valence-electron chi connectivity index (χ4n) is 3.77. The number of para-hydroxylation sites is 1. The molecular formula is C33H27ClN2O4. The summed E-state index contributed by atoms with van der Waals surface area (Å²) in [5.74, 6) is -0.478. The lowest BCUT2D eigenvalue weighted by molar-refractivity contribution is -0.113. The molecule has 200 valence electrons. The number of ketones is 1. The van der Waals surface area contributed by atoms with E-state index in [1.54, 1.807) is 84.9 Å². The van der Waals surface area contributed by atoms with Crippen LogP contribution in [0.1, 0.15) is 38.8 Å². The molecule has 0 atom stereocenters. The van der Waals surface area contributed by atoms with Crippen molar-refractivity contribution in [2.24, 2.45) is 0 Å². The molecule has 2 N–H and O–H groups in total. The Hall–Kier alpha value is -4.94. The monoisotopic (exact) mass is 550 g/mol. The van der Waals surface area contributed by atoms with Gasteiger partial charge in [0.1, 0.15) is 11.4 Å². The van der Waals surface area contributed by atoms with E-state index in [0.29, 0.717) is 39.8 Å². The highest BCUT2D eigenvalue weighted by Gasteiger charge is 2.16. The number of anilines is 1. The topological polar surface area (TPSA) is 84.5 Å². The Morgan fingerprint density at radius 1 is 0.775 bits per heavy atom. The molecule has 0 saturated carbocycles.